The third-order valence-corrected chi connectivity index (χ3v) is 5.09. The van der Waals surface area contributed by atoms with Crippen molar-refractivity contribution in [1.82, 2.24) is 9.97 Å². The van der Waals surface area contributed by atoms with Gasteiger partial charge in [-0.2, -0.15) is 23.3 Å². The van der Waals surface area contributed by atoms with Crippen LogP contribution in [0.15, 0.2) is 39.9 Å². The van der Waals surface area contributed by atoms with Crippen LogP contribution >= 0.6 is 15.9 Å². The number of benzene rings is 1. The van der Waals surface area contributed by atoms with Gasteiger partial charge in [-0.1, -0.05) is 28.1 Å². The number of hydrazone groups is 1. The quantitative estimate of drug-likeness (QED) is 0.739. The largest absolute Gasteiger partial charge is 0.439 e. The molecule has 1 aliphatic rings. The molecule has 27 heavy (non-hydrogen) atoms. The fourth-order valence-electron chi connectivity index (χ4n) is 3.13. The van der Waals surface area contributed by atoms with Gasteiger partial charge in [-0.25, -0.2) is 9.99 Å². The summed E-state index contributed by atoms with van der Waals surface area (Å²) in [6.07, 6.45) is -5.02. The molecule has 0 saturated heterocycles. The molecule has 1 aromatic carbocycles. The molecule has 1 aliphatic heterocycles. The maximum Gasteiger partial charge on any atom is 0.439 e. The Hall–Kier alpha value is -2.20. The van der Waals surface area contributed by atoms with Crippen LogP contribution in [0.25, 0.3) is 0 Å². The van der Waals surface area contributed by atoms with Crippen molar-refractivity contribution in [2.24, 2.45) is 10.5 Å². The molecule has 2 aromatic rings. The lowest BCUT2D eigenvalue weighted by molar-refractivity contribution is -0.281. The zero-order chi connectivity index (χ0) is 20.2. The van der Waals surface area contributed by atoms with E-state index in [9.17, 15) is 18.3 Å². The van der Waals surface area contributed by atoms with E-state index < -0.39 is 17.3 Å². The van der Waals surface area contributed by atoms with Crippen molar-refractivity contribution in [2.75, 3.05) is 10.7 Å². The molecule has 1 atom stereocenters. The van der Waals surface area contributed by atoms with E-state index in [0.717, 1.165) is 4.47 Å². The molecule has 3 rings (SSSR count). The molecule has 6 nitrogen and oxygen atoms in total. The SMILES string of the molecule is Cc1cc(N2N=C(c3ccc(Br)cc3)C(C)(C)C2(O)C(F)(F)F)nc(N)n1. The average Bonchev–Trinajstić information content (AvgIpc) is 2.75. The van der Waals surface area contributed by atoms with Gasteiger partial charge < -0.3 is 10.8 Å². The number of nitrogen functional groups attached to an aromatic ring is 1. The normalized spacial score (nSPS) is 22.1. The van der Waals surface area contributed by atoms with Crippen LogP contribution in [0.1, 0.15) is 25.1 Å². The van der Waals surface area contributed by atoms with E-state index in [1.807, 2.05) is 0 Å². The lowest BCUT2D eigenvalue weighted by atomic mass is 9.74. The van der Waals surface area contributed by atoms with Crippen LogP contribution in [-0.4, -0.2) is 32.7 Å². The predicted octanol–water partition coefficient (Wildman–Crippen LogP) is 3.63. The molecule has 3 N–H and O–H groups in total. The summed E-state index contributed by atoms with van der Waals surface area (Å²) in [7, 11) is 0. The Kier molecular flexibility index (Phi) is 4.47. The molecule has 1 unspecified atom stereocenters. The van der Waals surface area contributed by atoms with Crippen molar-refractivity contribution in [1.29, 1.82) is 0 Å². The molecule has 2 heterocycles. The van der Waals surface area contributed by atoms with Crippen molar-refractivity contribution in [3.8, 4) is 0 Å². The Morgan fingerprint density at radius 1 is 1.15 bits per heavy atom. The fourth-order valence-corrected chi connectivity index (χ4v) is 3.39. The molecule has 0 saturated carbocycles. The molecule has 10 heteroatoms. The second kappa shape index (κ2) is 6.16. The third kappa shape index (κ3) is 2.96. The highest BCUT2D eigenvalue weighted by molar-refractivity contribution is 9.10. The summed E-state index contributed by atoms with van der Waals surface area (Å²) in [4.78, 5) is 7.71. The highest BCUT2D eigenvalue weighted by Gasteiger charge is 2.72. The molecule has 0 aliphatic carbocycles. The smallest absolute Gasteiger partial charge is 0.368 e. The molecule has 0 spiro atoms. The average molecular weight is 444 g/mol. The van der Waals surface area contributed by atoms with E-state index in [-0.39, 0.29) is 17.5 Å². The molecular formula is C17H17BrF3N5O. The molecular weight excluding hydrogens is 427 g/mol. The predicted molar refractivity (Wildman–Crippen MR) is 99.1 cm³/mol. The van der Waals surface area contributed by atoms with Gasteiger partial charge in [0.1, 0.15) is 0 Å². The van der Waals surface area contributed by atoms with E-state index in [1.54, 1.807) is 31.2 Å². The number of anilines is 2. The van der Waals surface area contributed by atoms with Crippen molar-refractivity contribution in [3.63, 3.8) is 0 Å². The summed E-state index contributed by atoms with van der Waals surface area (Å²) in [5.41, 5.74) is 1.35. The third-order valence-electron chi connectivity index (χ3n) is 4.56. The first-order valence-electron chi connectivity index (χ1n) is 7.93. The number of rotatable bonds is 2. The summed E-state index contributed by atoms with van der Waals surface area (Å²) in [5.74, 6) is -0.445. The lowest BCUT2D eigenvalue weighted by Gasteiger charge is -2.42. The van der Waals surface area contributed by atoms with Crippen LogP contribution in [0, 0.1) is 12.3 Å². The second-order valence-electron chi connectivity index (χ2n) is 6.79. The van der Waals surface area contributed by atoms with E-state index in [0.29, 0.717) is 16.3 Å². The Bertz CT molecular complexity index is 894. The van der Waals surface area contributed by atoms with Crippen LogP contribution in [0.3, 0.4) is 0 Å². The zero-order valence-electron chi connectivity index (χ0n) is 14.7. The van der Waals surface area contributed by atoms with Gasteiger partial charge in [0, 0.05) is 16.2 Å². The van der Waals surface area contributed by atoms with Crippen LogP contribution in [0.2, 0.25) is 0 Å². The minimum Gasteiger partial charge on any atom is -0.368 e. The molecule has 0 fully saturated rings. The minimum absolute atomic E-state index is 0.0738. The van der Waals surface area contributed by atoms with Gasteiger partial charge in [0.25, 0.3) is 5.72 Å². The number of nitrogens with two attached hydrogens (primary N) is 1. The summed E-state index contributed by atoms with van der Waals surface area (Å²) in [6.45, 7) is 4.15. The summed E-state index contributed by atoms with van der Waals surface area (Å²) >= 11 is 3.29. The number of aromatic nitrogens is 2. The van der Waals surface area contributed by atoms with E-state index in [4.69, 9.17) is 5.73 Å². The molecule has 0 radical (unpaired) electrons. The monoisotopic (exact) mass is 443 g/mol. The first kappa shape index (κ1) is 19.6. The number of nitrogens with zero attached hydrogens (tertiary/aromatic N) is 4. The van der Waals surface area contributed by atoms with Gasteiger partial charge in [-0.15, -0.1) is 0 Å². The topological polar surface area (TPSA) is 87.6 Å². The standard InChI is InChI=1S/C17H17BrF3N5O/c1-9-8-12(24-14(22)23-9)26-16(27,17(19,20)21)15(2,3)13(25-26)10-4-6-11(18)7-5-10/h4-8,27H,1-3H3,(H2,22,23,24). The fraction of sp³-hybridized carbons (Fsp3) is 0.353. The van der Waals surface area contributed by atoms with Crippen molar-refractivity contribution in [2.45, 2.75) is 32.7 Å². The van der Waals surface area contributed by atoms with Gasteiger partial charge >= 0.3 is 6.18 Å². The van der Waals surface area contributed by atoms with E-state index >= 15 is 0 Å². The Balaban J connectivity index is 2.25. The van der Waals surface area contributed by atoms with Crippen LogP contribution in [-0.2, 0) is 0 Å². The highest BCUT2D eigenvalue weighted by atomic mass is 79.9. The summed E-state index contributed by atoms with van der Waals surface area (Å²) < 4.78 is 43.0. The van der Waals surface area contributed by atoms with Crippen molar-refractivity contribution >= 4 is 33.4 Å². The number of hydrogen-bond donors (Lipinski definition) is 2. The number of aryl methyl sites for hydroxylation is 1. The maximum absolute atomic E-state index is 14.1. The van der Waals surface area contributed by atoms with Crippen LogP contribution in [0.4, 0.5) is 24.9 Å². The Labute approximate surface area is 162 Å². The first-order chi connectivity index (χ1) is 12.4. The van der Waals surface area contributed by atoms with Gasteiger partial charge in [0.15, 0.2) is 5.82 Å². The van der Waals surface area contributed by atoms with Crippen molar-refractivity contribution in [3.05, 3.63) is 46.1 Å². The zero-order valence-corrected chi connectivity index (χ0v) is 16.3. The summed E-state index contributed by atoms with van der Waals surface area (Å²) in [6, 6.07) is 7.93. The summed E-state index contributed by atoms with van der Waals surface area (Å²) in [5, 5.41) is 15.5. The molecule has 1 aromatic heterocycles. The van der Waals surface area contributed by atoms with Crippen LogP contribution < -0.4 is 10.7 Å². The molecule has 144 valence electrons. The Morgan fingerprint density at radius 3 is 2.26 bits per heavy atom. The van der Waals surface area contributed by atoms with Gasteiger partial charge in [-0.3, -0.25) is 0 Å². The number of halogens is 4. The van der Waals surface area contributed by atoms with E-state index in [1.165, 1.54) is 19.9 Å². The minimum atomic E-state index is -5.02. The molecule has 0 amide bonds. The van der Waals surface area contributed by atoms with E-state index in [2.05, 4.69) is 31.0 Å². The van der Waals surface area contributed by atoms with Crippen molar-refractivity contribution < 1.29 is 18.3 Å². The Morgan fingerprint density at radius 2 is 1.74 bits per heavy atom. The highest BCUT2D eigenvalue weighted by Crippen LogP contribution is 2.53. The van der Waals surface area contributed by atoms with Crippen LogP contribution in [0.5, 0.6) is 0 Å². The molecule has 0 bridgehead atoms. The first-order valence-corrected chi connectivity index (χ1v) is 8.73. The van der Waals surface area contributed by atoms with Gasteiger partial charge in [0.05, 0.1) is 11.1 Å². The number of aliphatic hydroxyl groups is 1. The number of alkyl halides is 3. The second-order valence-corrected chi connectivity index (χ2v) is 7.70. The number of hydrogen-bond acceptors (Lipinski definition) is 6. The van der Waals surface area contributed by atoms with Gasteiger partial charge in [0.2, 0.25) is 5.95 Å². The van der Waals surface area contributed by atoms with Gasteiger partial charge in [-0.05, 0) is 38.5 Å². The lowest BCUT2D eigenvalue weighted by Crippen LogP contribution is -2.64. The maximum atomic E-state index is 14.1.